The van der Waals surface area contributed by atoms with Gasteiger partial charge in [0, 0.05) is 58.1 Å². The fourth-order valence-electron chi connectivity index (χ4n) is 2.90. The van der Waals surface area contributed by atoms with E-state index < -0.39 is 0 Å². The molecule has 0 fully saturated rings. The van der Waals surface area contributed by atoms with E-state index in [4.69, 9.17) is 0 Å². The van der Waals surface area contributed by atoms with Gasteiger partial charge in [0.2, 0.25) is 0 Å². The number of aromatic nitrogens is 1. The third-order valence-corrected chi connectivity index (χ3v) is 4.99. The number of fused-ring (bicyclic) bond motifs is 3. The topological polar surface area (TPSA) is 4.93 Å². The Bertz CT molecular complexity index is 939. The van der Waals surface area contributed by atoms with Crippen LogP contribution in [0.5, 0.6) is 0 Å². The molecule has 24 heavy (non-hydrogen) atoms. The number of hydrogen-bond acceptors (Lipinski definition) is 1. The summed E-state index contributed by atoms with van der Waals surface area (Å²) in [7, 11) is 2.15. The predicted octanol–water partition coefficient (Wildman–Crippen LogP) is 6.27. The molecule has 0 aliphatic rings. The van der Waals surface area contributed by atoms with Crippen LogP contribution in [0.1, 0.15) is 4.88 Å². The van der Waals surface area contributed by atoms with Crippen molar-refractivity contribution in [2.24, 2.45) is 7.05 Å². The molecule has 4 rings (SSSR count). The first-order chi connectivity index (χ1) is 9.74. The van der Waals surface area contributed by atoms with Crippen molar-refractivity contribution in [1.82, 2.24) is 4.57 Å². The molecule has 0 N–H and O–H groups in total. The van der Waals surface area contributed by atoms with Crippen molar-refractivity contribution in [3.05, 3.63) is 74.3 Å². The molecule has 0 bridgehead atoms. The Morgan fingerprint density at radius 3 is 2.17 bits per heavy atom. The average Bonchev–Trinajstić information content (AvgIpc) is 3.03. The molecule has 0 spiro atoms. The van der Waals surface area contributed by atoms with E-state index in [1.54, 1.807) is 0 Å². The quantitative estimate of drug-likeness (QED) is 0.166. The second kappa shape index (κ2) is 7.90. The summed E-state index contributed by atoms with van der Waals surface area (Å²) >= 11 is 1.85. The van der Waals surface area contributed by atoms with Crippen molar-refractivity contribution in [1.29, 1.82) is 0 Å². The summed E-state index contributed by atoms with van der Waals surface area (Å²) in [5.74, 6) is 0. The first-order valence-electron chi connectivity index (χ1n) is 6.78. The summed E-state index contributed by atoms with van der Waals surface area (Å²) in [6, 6.07) is 19.8. The van der Waals surface area contributed by atoms with Gasteiger partial charge in [-0.25, -0.2) is 0 Å². The third kappa shape index (κ3) is 3.11. The van der Waals surface area contributed by atoms with Gasteiger partial charge in [-0.2, -0.15) is 0 Å². The van der Waals surface area contributed by atoms with Crippen molar-refractivity contribution in [3.8, 4) is 10.4 Å². The van der Waals surface area contributed by atoms with Gasteiger partial charge >= 0.3 is 0 Å². The van der Waals surface area contributed by atoms with Crippen molar-refractivity contribution >= 4 is 33.1 Å². The van der Waals surface area contributed by atoms with Gasteiger partial charge in [0.05, 0.1) is 0 Å². The molecular weight excluding hydrogens is 656 g/mol. The SMILES string of the molecule is Cc1ccc(-c2ccc3c4ccccc4n(C)c3c2)s1.[CH3-].[CH3-].[Rf].[Rh]. The Morgan fingerprint density at radius 2 is 1.50 bits per heavy atom. The van der Waals surface area contributed by atoms with Crippen LogP contribution in [0.3, 0.4) is 0 Å². The summed E-state index contributed by atoms with van der Waals surface area (Å²) in [6.45, 7) is 2.16. The standard InChI is InChI=1S/C18H15NS.2CH3.Rf.Rh/c1-12-7-10-18(20-12)13-8-9-15-14-5-3-4-6-16(14)19(2)17(15)11-13;;;;/h3-11H,1-2H3;2*1H3;;/q;2*-1;;. The fourth-order valence-corrected chi connectivity index (χ4v) is 3.77. The number of rotatable bonds is 1. The molecule has 0 aliphatic heterocycles. The van der Waals surface area contributed by atoms with E-state index in [0.29, 0.717) is 0 Å². The zero-order valence-electron chi connectivity index (χ0n) is 14.6. The smallest absolute Gasteiger partial charge is 0.0495 e. The Labute approximate surface area is 155 Å². The molecular formula is C20H21NRfRhS-2. The van der Waals surface area contributed by atoms with Gasteiger partial charge in [-0.3, -0.25) is 0 Å². The van der Waals surface area contributed by atoms with Crippen LogP contribution >= 0.6 is 11.3 Å². The van der Waals surface area contributed by atoms with E-state index in [2.05, 4.69) is 73.1 Å². The summed E-state index contributed by atoms with van der Waals surface area (Å²) in [5, 5.41) is 2.67. The van der Waals surface area contributed by atoms with Gasteiger partial charge in [0.15, 0.2) is 0 Å². The minimum atomic E-state index is 0. The van der Waals surface area contributed by atoms with E-state index in [1.165, 1.54) is 37.1 Å². The normalized spacial score (nSPS) is 9.58. The fraction of sp³-hybridized carbons (Fsp3) is 0.100. The van der Waals surface area contributed by atoms with Gasteiger partial charge in [-0.15, -0.1) is 11.3 Å². The molecule has 1 radical (unpaired) electrons. The van der Waals surface area contributed by atoms with Crippen LogP contribution in [-0.2, 0) is 26.5 Å². The third-order valence-electron chi connectivity index (χ3n) is 3.94. The van der Waals surface area contributed by atoms with Crippen molar-refractivity contribution in [2.75, 3.05) is 0 Å². The Kier molecular flexibility index (Phi) is 7.10. The molecule has 4 aromatic rings. The van der Waals surface area contributed by atoms with E-state index >= 15 is 0 Å². The van der Waals surface area contributed by atoms with Crippen molar-refractivity contribution in [2.45, 2.75) is 6.92 Å². The molecule has 125 valence electrons. The molecule has 0 aliphatic carbocycles. The maximum atomic E-state index is 2.31. The second-order valence-corrected chi connectivity index (χ2v) is 6.51. The van der Waals surface area contributed by atoms with Gasteiger partial charge in [-0.1, -0.05) is 30.3 Å². The van der Waals surface area contributed by atoms with E-state index in [0.717, 1.165) is 0 Å². The molecule has 1 nitrogen and oxygen atoms in total. The zero-order valence-corrected chi connectivity index (χ0v) is 23.4. The predicted molar refractivity (Wildman–Crippen MR) is 101 cm³/mol. The molecule has 0 atom stereocenters. The van der Waals surface area contributed by atoms with Gasteiger partial charge in [-0.05, 0) is 36.8 Å². The van der Waals surface area contributed by atoms with Crippen LogP contribution in [0.4, 0.5) is 0 Å². The van der Waals surface area contributed by atoms with E-state index in [9.17, 15) is 0 Å². The van der Waals surface area contributed by atoms with Crippen LogP contribution in [0.15, 0.2) is 54.6 Å². The Balaban J connectivity index is 0.00000132. The average molecular weight is 677 g/mol. The molecule has 0 saturated heterocycles. The van der Waals surface area contributed by atoms with Gasteiger partial charge in [0.25, 0.3) is 0 Å². The van der Waals surface area contributed by atoms with Crippen LogP contribution in [-0.4, -0.2) is 4.57 Å². The molecule has 2 aromatic heterocycles. The summed E-state index contributed by atoms with van der Waals surface area (Å²) in [6.07, 6.45) is 0. The maximum absolute atomic E-state index is 2.31. The van der Waals surface area contributed by atoms with E-state index in [-0.39, 0.29) is 34.3 Å². The summed E-state index contributed by atoms with van der Waals surface area (Å²) in [4.78, 5) is 2.70. The number of thiophene rings is 1. The first kappa shape index (κ1) is 21.6. The zero-order chi connectivity index (χ0) is 13.7. The van der Waals surface area contributed by atoms with Crippen molar-refractivity contribution < 1.29 is 19.5 Å². The van der Waals surface area contributed by atoms with Gasteiger partial charge < -0.3 is 19.4 Å². The minimum Gasteiger partial charge on any atom is -0.358 e. The summed E-state index contributed by atoms with van der Waals surface area (Å²) in [5.41, 5.74) is 3.90. The molecule has 2 heterocycles. The molecule has 2 aromatic carbocycles. The summed E-state index contributed by atoms with van der Waals surface area (Å²) < 4.78 is 2.29. The largest absolute Gasteiger partial charge is 0.358 e. The molecule has 0 saturated carbocycles. The number of para-hydroxylation sites is 1. The Morgan fingerprint density at radius 1 is 0.833 bits per heavy atom. The number of nitrogens with zero attached hydrogens (tertiary/aromatic N) is 1. The first-order valence-corrected chi connectivity index (χ1v) is 7.60. The van der Waals surface area contributed by atoms with Crippen LogP contribution in [0.25, 0.3) is 32.2 Å². The van der Waals surface area contributed by atoms with Crippen LogP contribution < -0.4 is 0 Å². The maximum Gasteiger partial charge on any atom is 0.0495 e. The van der Waals surface area contributed by atoms with E-state index in [1.807, 2.05) is 11.3 Å². The second-order valence-electron chi connectivity index (χ2n) is 5.22. The minimum absolute atomic E-state index is 0. The number of aryl methyl sites for hydroxylation is 2. The number of benzene rings is 2. The molecule has 0 unspecified atom stereocenters. The van der Waals surface area contributed by atoms with Crippen LogP contribution in [0, 0.1) is 21.8 Å². The molecule has 4 heteroatoms. The van der Waals surface area contributed by atoms with Crippen LogP contribution in [0.2, 0.25) is 0 Å². The van der Waals surface area contributed by atoms with Crippen molar-refractivity contribution in [3.63, 3.8) is 0 Å². The Hall–Kier alpha value is -2.44. The van der Waals surface area contributed by atoms with Gasteiger partial charge in [0.1, 0.15) is 0 Å². The number of hydrogen-bond donors (Lipinski definition) is 0. The molecule has 0 amide bonds. The monoisotopic (exact) mass is 677 g/mol.